The number of nitrogens with zero attached hydrogens (tertiary/aromatic N) is 1. The Bertz CT molecular complexity index is 720. The van der Waals surface area contributed by atoms with Crippen molar-refractivity contribution in [2.24, 2.45) is 5.92 Å². The number of carbonyl (C=O) groups excluding carboxylic acids is 1. The molecule has 25 heavy (non-hydrogen) atoms. The molecule has 0 spiro atoms. The molecule has 5 nitrogen and oxygen atoms in total. The summed E-state index contributed by atoms with van der Waals surface area (Å²) < 4.78 is 63.8. The van der Waals surface area contributed by atoms with E-state index in [-0.39, 0.29) is 18.0 Å². The maximum Gasteiger partial charge on any atom is 0.416 e. The zero-order chi connectivity index (χ0) is 18.7. The molecular formula is C16H21F3N2O3S. The number of benzene rings is 1. The summed E-state index contributed by atoms with van der Waals surface area (Å²) in [6, 6.07) is 4.39. The van der Waals surface area contributed by atoms with Crippen LogP contribution in [0.4, 0.5) is 18.9 Å². The molecule has 1 amide bonds. The summed E-state index contributed by atoms with van der Waals surface area (Å²) in [6.07, 6.45) is -2.96. The number of rotatable bonds is 5. The van der Waals surface area contributed by atoms with E-state index in [9.17, 15) is 26.4 Å². The van der Waals surface area contributed by atoms with Gasteiger partial charge in [-0.1, -0.05) is 13.0 Å². The van der Waals surface area contributed by atoms with Crippen molar-refractivity contribution in [3.8, 4) is 0 Å². The monoisotopic (exact) mass is 378 g/mol. The number of alkyl halides is 3. The number of halogens is 3. The summed E-state index contributed by atoms with van der Waals surface area (Å²) in [4.78, 5) is 12.3. The molecule has 0 radical (unpaired) electrons. The van der Waals surface area contributed by atoms with Gasteiger partial charge in [-0.3, -0.25) is 4.79 Å². The van der Waals surface area contributed by atoms with E-state index in [2.05, 4.69) is 5.32 Å². The molecule has 0 aliphatic carbocycles. The van der Waals surface area contributed by atoms with Crippen LogP contribution in [0, 0.1) is 5.92 Å². The molecular weight excluding hydrogens is 357 g/mol. The molecule has 1 saturated heterocycles. The summed E-state index contributed by atoms with van der Waals surface area (Å²) in [5, 5.41) is 2.47. The number of hydrogen-bond acceptors (Lipinski definition) is 3. The molecule has 0 bridgehead atoms. The Labute approximate surface area is 145 Å². The highest BCUT2D eigenvalue weighted by Crippen LogP contribution is 2.31. The molecule has 1 unspecified atom stereocenters. The first kappa shape index (κ1) is 19.7. The molecule has 1 aliphatic rings. The quantitative estimate of drug-likeness (QED) is 0.856. The van der Waals surface area contributed by atoms with Crippen LogP contribution in [-0.2, 0) is 21.0 Å². The van der Waals surface area contributed by atoms with E-state index in [0.717, 1.165) is 12.1 Å². The van der Waals surface area contributed by atoms with E-state index in [1.54, 1.807) is 6.92 Å². The highest BCUT2D eigenvalue weighted by atomic mass is 32.2. The first-order valence-corrected chi connectivity index (χ1v) is 9.70. The van der Waals surface area contributed by atoms with Crippen molar-refractivity contribution in [2.45, 2.75) is 32.4 Å². The fraction of sp³-hybridized carbons (Fsp3) is 0.562. The molecule has 140 valence electrons. The second-order valence-corrected chi connectivity index (χ2v) is 8.17. The van der Waals surface area contributed by atoms with Gasteiger partial charge in [-0.05, 0) is 37.5 Å². The van der Waals surface area contributed by atoms with Crippen LogP contribution >= 0.6 is 0 Å². The molecule has 1 atom stereocenters. The van der Waals surface area contributed by atoms with Crippen LogP contribution in [0.5, 0.6) is 0 Å². The van der Waals surface area contributed by atoms with E-state index in [0.29, 0.717) is 25.8 Å². The summed E-state index contributed by atoms with van der Waals surface area (Å²) in [6.45, 7) is 2.20. The Kier molecular flexibility index (Phi) is 6.10. The zero-order valence-electron chi connectivity index (χ0n) is 13.8. The molecule has 1 aromatic carbocycles. The number of hydrogen-bond donors (Lipinski definition) is 1. The van der Waals surface area contributed by atoms with Crippen molar-refractivity contribution in [1.82, 2.24) is 4.31 Å². The van der Waals surface area contributed by atoms with E-state index in [1.165, 1.54) is 16.4 Å². The largest absolute Gasteiger partial charge is 0.416 e. The van der Waals surface area contributed by atoms with Crippen LogP contribution in [0.2, 0.25) is 0 Å². The van der Waals surface area contributed by atoms with Crippen LogP contribution < -0.4 is 5.32 Å². The van der Waals surface area contributed by atoms with Crippen molar-refractivity contribution in [3.05, 3.63) is 29.8 Å². The zero-order valence-corrected chi connectivity index (χ0v) is 14.7. The van der Waals surface area contributed by atoms with Crippen LogP contribution in [0.25, 0.3) is 0 Å². The molecule has 1 aliphatic heterocycles. The van der Waals surface area contributed by atoms with Gasteiger partial charge in [-0.25, -0.2) is 12.7 Å². The minimum atomic E-state index is -4.49. The molecule has 0 saturated carbocycles. The number of amides is 1. The number of sulfonamides is 1. The highest BCUT2D eigenvalue weighted by Gasteiger charge is 2.33. The lowest BCUT2D eigenvalue weighted by Gasteiger charge is -2.31. The summed E-state index contributed by atoms with van der Waals surface area (Å²) >= 11 is 0. The molecule has 2 rings (SSSR count). The highest BCUT2D eigenvalue weighted by molar-refractivity contribution is 7.89. The Balaban J connectivity index is 2.06. The van der Waals surface area contributed by atoms with Gasteiger partial charge in [0.1, 0.15) is 0 Å². The van der Waals surface area contributed by atoms with E-state index in [4.69, 9.17) is 0 Å². The molecule has 1 N–H and O–H groups in total. The normalized spacial score (nSPS) is 19.6. The number of piperidine rings is 1. The third-order valence-corrected chi connectivity index (χ3v) is 6.11. The minimum absolute atomic E-state index is 0.0228. The number of carbonyl (C=O) groups is 1. The van der Waals surface area contributed by atoms with Gasteiger partial charge in [0, 0.05) is 18.8 Å². The van der Waals surface area contributed by atoms with Crippen molar-refractivity contribution < 1.29 is 26.4 Å². The smallest absolute Gasteiger partial charge is 0.326 e. The van der Waals surface area contributed by atoms with Gasteiger partial charge in [0.25, 0.3) is 0 Å². The van der Waals surface area contributed by atoms with E-state index < -0.39 is 33.6 Å². The lowest BCUT2D eigenvalue weighted by atomic mass is 9.98. The van der Waals surface area contributed by atoms with Crippen molar-refractivity contribution in [1.29, 1.82) is 0 Å². The minimum Gasteiger partial charge on any atom is -0.326 e. The van der Waals surface area contributed by atoms with Crippen LogP contribution in [-0.4, -0.2) is 37.5 Å². The van der Waals surface area contributed by atoms with Crippen molar-refractivity contribution in [3.63, 3.8) is 0 Å². The van der Waals surface area contributed by atoms with Gasteiger partial charge < -0.3 is 5.32 Å². The average Bonchev–Trinajstić information content (AvgIpc) is 2.54. The van der Waals surface area contributed by atoms with Gasteiger partial charge in [0.15, 0.2) is 0 Å². The Morgan fingerprint density at radius 3 is 2.72 bits per heavy atom. The standard InChI is InChI=1S/C16H21F3N2O3S/c1-2-9-25(23,24)21-8-4-5-12(11-21)15(22)20-14-7-3-6-13(10-14)16(17,18)19/h3,6-7,10,12H,2,4-5,8-9,11H2,1H3,(H,20,22). The molecule has 1 heterocycles. The summed E-state index contributed by atoms with van der Waals surface area (Å²) in [7, 11) is -3.39. The summed E-state index contributed by atoms with van der Waals surface area (Å²) in [5.41, 5.74) is -0.797. The molecule has 9 heteroatoms. The van der Waals surface area contributed by atoms with E-state index in [1.807, 2.05) is 0 Å². The van der Waals surface area contributed by atoms with E-state index >= 15 is 0 Å². The fourth-order valence-corrected chi connectivity index (χ4v) is 4.40. The maximum atomic E-state index is 12.7. The average molecular weight is 378 g/mol. The van der Waals surface area contributed by atoms with Crippen molar-refractivity contribution >= 4 is 21.6 Å². The lowest BCUT2D eigenvalue weighted by Crippen LogP contribution is -2.44. The van der Waals surface area contributed by atoms with Crippen LogP contribution in [0.15, 0.2) is 24.3 Å². The summed E-state index contributed by atoms with van der Waals surface area (Å²) in [5.74, 6) is -1.01. The number of anilines is 1. The molecule has 1 fully saturated rings. The predicted octanol–water partition coefficient (Wildman–Crippen LogP) is 3.10. The first-order valence-electron chi connectivity index (χ1n) is 8.09. The van der Waals surface area contributed by atoms with Crippen LogP contribution in [0.1, 0.15) is 31.7 Å². The van der Waals surface area contributed by atoms with Gasteiger partial charge >= 0.3 is 6.18 Å². The number of nitrogens with one attached hydrogen (secondary N) is 1. The molecule has 1 aromatic rings. The lowest BCUT2D eigenvalue weighted by molar-refractivity contribution is -0.137. The fourth-order valence-electron chi connectivity index (χ4n) is 2.81. The first-order chi connectivity index (χ1) is 11.6. The third kappa shape index (κ3) is 5.18. The maximum absolute atomic E-state index is 12.7. The Hall–Kier alpha value is -1.61. The van der Waals surface area contributed by atoms with Gasteiger partial charge in [-0.2, -0.15) is 13.2 Å². The Morgan fingerprint density at radius 1 is 1.36 bits per heavy atom. The second-order valence-electron chi connectivity index (χ2n) is 6.08. The Morgan fingerprint density at radius 2 is 2.08 bits per heavy atom. The third-order valence-electron chi connectivity index (χ3n) is 4.07. The van der Waals surface area contributed by atoms with Gasteiger partial charge in [-0.15, -0.1) is 0 Å². The second kappa shape index (κ2) is 7.74. The van der Waals surface area contributed by atoms with Gasteiger partial charge in [0.05, 0.1) is 17.2 Å². The molecule has 0 aromatic heterocycles. The topological polar surface area (TPSA) is 66.5 Å². The van der Waals surface area contributed by atoms with Gasteiger partial charge in [0.2, 0.25) is 15.9 Å². The van der Waals surface area contributed by atoms with Crippen molar-refractivity contribution in [2.75, 3.05) is 24.2 Å². The SMILES string of the molecule is CCCS(=O)(=O)N1CCCC(C(=O)Nc2cccc(C(F)(F)F)c2)C1. The predicted molar refractivity (Wildman–Crippen MR) is 88.4 cm³/mol. The van der Waals surface area contributed by atoms with Crippen LogP contribution in [0.3, 0.4) is 0 Å².